The molecule has 0 atom stereocenters. The van der Waals surface area contributed by atoms with E-state index < -0.39 is 5.97 Å². The van der Waals surface area contributed by atoms with E-state index in [9.17, 15) is 4.79 Å². The lowest BCUT2D eigenvalue weighted by Gasteiger charge is -2.42. The van der Waals surface area contributed by atoms with Crippen LogP contribution in [0, 0.1) is 0 Å². The zero-order chi connectivity index (χ0) is 12.1. The van der Waals surface area contributed by atoms with Crippen LogP contribution in [0.4, 0.5) is 0 Å². The van der Waals surface area contributed by atoms with Gasteiger partial charge in [0.2, 0.25) is 0 Å². The van der Waals surface area contributed by atoms with Gasteiger partial charge in [-0.25, -0.2) is 0 Å². The lowest BCUT2D eigenvalue weighted by molar-refractivity contribution is -0.139. The van der Waals surface area contributed by atoms with Crippen LogP contribution in [0.2, 0.25) is 0 Å². The number of hydrogen-bond donors (Lipinski definition) is 3. The molecule has 0 saturated carbocycles. The van der Waals surface area contributed by atoms with Crippen LogP contribution in [-0.2, 0) is 4.79 Å². The third-order valence-electron chi connectivity index (χ3n) is 3.75. The molecular weight excluding hydrogens is 216 g/mol. The topological polar surface area (TPSA) is 61.4 Å². The number of nitrogens with one attached hydrogen (secondary N) is 2. The summed E-state index contributed by atoms with van der Waals surface area (Å²) < 4.78 is 0. The van der Waals surface area contributed by atoms with E-state index in [1.54, 1.807) is 5.57 Å². The van der Waals surface area contributed by atoms with Gasteiger partial charge in [0.25, 0.3) is 0 Å². The second kappa shape index (κ2) is 5.65. The SMILES string of the molecule is O=C(O)CC1(NCCC2=CCCCC2)CNC1. The molecular formula is C13H22N2O2. The first kappa shape index (κ1) is 12.6. The lowest BCUT2D eigenvalue weighted by Crippen LogP contribution is -2.68. The van der Waals surface area contributed by atoms with Crippen molar-refractivity contribution < 1.29 is 9.90 Å². The van der Waals surface area contributed by atoms with Crippen molar-refractivity contribution in [3.63, 3.8) is 0 Å². The van der Waals surface area contributed by atoms with Crippen molar-refractivity contribution >= 4 is 5.97 Å². The summed E-state index contributed by atoms with van der Waals surface area (Å²) in [5, 5.41) is 15.5. The number of hydrogen-bond acceptors (Lipinski definition) is 3. The Morgan fingerprint density at radius 1 is 1.47 bits per heavy atom. The average molecular weight is 238 g/mol. The molecule has 0 aromatic rings. The number of carboxylic acids is 1. The molecule has 17 heavy (non-hydrogen) atoms. The molecule has 0 unspecified atom stereocenters. The minimum atomic E-state index is -0.712. The second-order valence-corrected chi connectivity index (χ2v) is 5.24. The van der Waals surface area contributed by atoms with E-state index in [-0.39, 0.29) is 12.0 Å². The second-order valence-electron chi connectivity index (χ2n) is 5.24. The Balaban J connectivity index is 1.72. The van der Waals surface area contributed by atoms with Crippen molar-refractivity contribution in [3.05, 3.63) is 11.6 Å². The first-order valence-electron chi connectivity index (χ1n) is 6.56. The quantitative estimate of drug-likeness (QED) is 0.610. The predicted molar refractivity (Wildman–Crippen MR) is 67.0 cm³/mol. The zero-order valence-corrected chi connectivity index (χ0v) is 10.3. The lowest BCUT2D eigenvalue weighted by atomic mass is 9.88. The Hall–Kier alpha value is -0.870. The molecule has 1 aliphatic carbocycles. The van der Waals surface area contributed by atoms with Crippen molar-refractivity contribution in [2.24, 2.45) is 0 Å². The summed E-state index contributed by atoms with van der Waals surface area (Å²) in [4.78, 5) is 10.8. The monoisotopic (exact) mass is 238 g/mol. The van der Waals surface area contributed by atoms with Crippen LogP contribution in [0.1, 0.15) is 38.5 Å². The van der Waals surface area contributed by atoms with Gasteiger partial charge in [-0.2, -0.15) is 0 Å². The van der Waals surface area contributed by atoms with Gasteiger partial charge in [0.1, 0.15) is 0 Å². The first-order chi connectivity index (χ1) is 8.20. The molecule has 0 radical (unpaired) electrons. The zero-order valence-electron chi connectivity index (χ0n) is 10.3. The average Bonchev–Trinajstić information content (AvgIpc) is 2.26. The maximum absolute atomic E-state index is 10.8. The van der Waals surface area contributed by atoms with Gasteiger partial charge in [-0.1, -0.05) is 11.6 Å². The maximum Gasteiger partial charge on any atom is 0.305 e. The number of carboxylic acid groups (broad SMARTS) is 1. The van der Waals surface area contributed by atoms with E-state index in [4.69, 9.17) is 5.11 Å². The van der Waals surface area contributed by atoms with E-state index in [0.717, 1.165) is 26.1 Å². The number of aliphatic carboxylic acids is 1. The smallest absolute Gasteiger partial charge is 0.305 e. The van der Waals surface area contributed by atoms with Crippen LogP contribution >= 0.6 is 0 Å². The number of rotatable bonds is 6. The highest BCUT2D eigenvalue weighted by atomic mass is 16.4. The Kier molecular flexibility index (Phi) is 4.18. The van der Waals surface area contributed by atoms with E-state index in [2.05, 4.69) is 16.7 Å². The summed E-state index contributed by atoms with van der Waals surface area (Å²) >= 11 is 0. The Morgan fingerprint density at radius 2 is 2.29 bits per heavy atom. The van der Waals surface area contributed by atoms with E-state index in [0.29, 0.717) is 0 Å². The highest BCUT2D eigenvalue weighted by molar-refractivity contribution is 5.68. The molecule has 0 aromatic carbocycles. The molecule has 2 rings (SSSR count). The van der Waals surface area contributed by atoms with Crippen molar-refractivity contribution in [3.8, 4) is 0 Å². The van der Waals surface area contributed by atoms with Gasteiger partial charge in [-0.05, 0) is 38.6 Å². The molecule has 2 aliphatic rings. The van der Waals surface area contributed by atoms with Crippen LogP contribution in [-0.4, -0.2) is 36.2 Å². The van der Waals surface area contributed by atoms with Crippen LogP contribution in [0.25, 0.3) is 0 Å². The predicted octanol–water partition coefficient (Wildman–Crippen LogP) is 1.28. The maximum atomic E-state index is 10.8. The van der Waals surface area contributed by atoms with Gasteiger partial charge in [-0.15, -0.1) is 0 Å². The van der Waals surface area contributed by atoms with Gasteiger partial charge >= 0.3 is 5.97 Å². The third kappa shape index (κ3) is 3.54. The van der Waals surface area contributed by atoms with E-state index in [1.165, 1.54) is 25.7 Å². The summed E-state index contributed by atoms with van der Waals surface area (Å²) in [5.74, 6) is -0.712. The standard InChI is InChI=1S/C13H22N2O2/c16-12(17)8-13(9-14-10-13)15-7-6-11-4-2-1-3-5-11/h4,14-15H,1-3,5-10H2,(H,16,17). The fourth-order valence-corrected chi connectivity index (χ4v) is 2.65. The fourth-order valence-electron chi connectivity index (χ4n) is 2.65. The van der Waals surface area contributed by atoms with E-state index in [1.807, 2.05) is 0 Å². The fraction of sp³-hybridized carbons (Fsp3) is 0.769. The highest BCUT2D eigenvalue weighted by Gasteiger charge is 2.38. The number of allylic oxidation sites excluding steroid dienone is 1. The molecule has 3 N–H and O–H groups in total. The van der Waals surface area contributed by atoms with Crippen LogP contribution in [0.3, 0.4) is 0 Å². The molecule has 96 valence electrons. The summed E-state index contributed by atoms with van der Waals surface area (Å²) in [6.45, 7) is 2.46. The first-order valence-corrected chi connectivity index (χ1v) is 6.56. The normalized spacial score (nSPS) is 22.7. The third-order valence-corrected chi connectivity index (χ3v) is 3.75. The van der Waals surface area contributed by atoms with Crippen LogP contribution in [0.15, 0.2) is 11.6 Å². The van der Waals surface area contributed by atoms with Crippen molar-refractivity contribution in [1.29, 1.82) is 0 Å². The molecule has 1 aliphatic heterocycles. The van der Waals surface area contributed by atoms with Gasteiger partial charge in [-0.3, -0.25) is 4.79 Å². The van der Waals surface area contributed by atoms with Gasteiger partial charge < -0.3 is 15.7 Å². The summed E-state index contributed by atoms with van der Waals surface area (Å²) in [6, 6.07) is 0. The van der Waals surface area contributed by atoms with Crippen LogP contribution in [0.5, 0.6) is 0 Å². The largest absolute Gasteiger partial charge is 0.481 e. The molecule has 1 saturated heterocycles. The Bertz CT molecular complexity index is 309. The van der Waals surface area contributed by atoms with Crippen LogP contribution < -0.4 is 10.6 Å². The summed E-state index contributed by atoms with van der Waals surface area (Å²) in [7, 11) is 0. The molecule has 1 heterocycles. The Morgan fingerprint density at radius 3 is 2.82 bits per heavy atom. The summed E-state index contributed by atoms with van der Waals surface area (Å²) in [6.07, 6.45) is 8.73. The molecule has 4 nitrogen and oxygen atoms in total. The van der Waals surface area contributed by atoms with Crippen molar-refractivity contribution in [2.75, 3.05) is 19.6 Å². The van der Waals surface area contributed by atoms with Gasteiger partial charge in [0.15, 0.2) is 0 Å². The Labute approximate surface area is 102 Å². The van der Waals surface area contributed by atoms with E-state index >= 15 is 0 Å². The minimum Gasteiger partial charge on any atom is -0.481 e. The minimum absolute atomic E-state index is 0.193. The number of carbonyl (C=O) groups is 1. The molecule has 0 amide bonds. The highest BCUT2D eigenvalue weighted by Crippen LogP contribution is 2.21. The molecule has 1 fully saturated rings. The molecule has 0 spiro atoms. The molecule has 0 bridgehead atoms. The van der Waals surface area contributed by atoms with Crippen molar-refractivity contribution in [1.82, 2.24) is 10.6 Å². The summed E-state index contributed by atoms with van der Waals surface area (Å²) in [5.41, 5.74) is 1.35. The molecule has 4 heteroatoms. The van der Waals surface area contributed by atoms with Gasteiger partial charge in [0, 0.05) is 13.1 Å². The molecule has 0 aromatic heterocycles. The van der Waals surface area contributed by atoms with Crippen molar-refractivity contribution in [2.45, 2.75) is 44.1 Å². The van der Waals surface area contributed by atoms with Gasteiger partial charge in [0.05, 0.1) is 12.0 Å².